The first-order chi connectivity index (χ1) is 7.15. The van der Waals surface area contributed by atoms with Gasteiger partial charge in [-0.25, -0.2) is 0 Å². The maximum Gasteiger partial charge on any atom is 0.182 e. The fourth-order valence-electron chi connectivity index (χ4n) is 1.51. The van der Waals surface area contributed by atoms with Gasteiger partial charge >= 0.3 is 0 Å². The highest BCUT2D eigenvalue weighted by atomic mass is 16.1. The molecule has 2 aromatic rings. The van der Waals surface area contributed by atoms with Crippen LogP contribution in [0.3, 0.4) is 0 Å². The Morgan fingerprint density at radius 1 is 1.20 bits per heavy atom. The van der Waals surface area contributed by atoms with Gasteiger partial charge in [-0.2, -0.15) is 0 Å². The third kappa shape index (κ3) is 2.13. The van der Waals surface area contributed by atoms with Gasteiger partial charge in [0.2, 0.25) is 0 Å². The molecule has 0 saturated carbocycles. The maximum absolute atomic E-state index is 11.3. The molecule has 15 heavy (non-hydrogen) atoms. The van der Waals surface area contributed by atoms with Gasteiger partial charge in [0, 0.05) is 23.5 Å². The number of nitrogens with one attached hydrogen (secondary N) is 1. The highest BCUT2D eigenvalue weighted by molar-refractivity contribution is 5.54. The van der Waals surface area contributed by atoms with E-state index in [1.165, 1.54) is 0 Å². The number of rotatable bonds is 1. The average Bonchev–Trinajstić information content (AvgIpc) is 2.16. The maximum atomic E-state index is 11.3. The van der Waals surface area contributed by atoms with Crippen LogP contribution in [-0.2, 0) is 0 Å². The number of aromatic nitrogens is 2. The predicted molar refractivity (Wildman–Crippen MR) is 59.8 cm³/mol. The molecule has 76 valence electrons. The Hall–Kier alpha value is -1.90. The van der Waals surface area contributed by atoms with Crippen LogP contribution in [0.15, 0.2) is 35.1 Å². The van der Waals surface area contributed by atoms with Gasteiger partial charge in [-0.1, -0.05) is 6.07 Å². The molecule has 3 nitrogen and oxygen atoms in total. The standard InChI is InChI=1S/C12H12N2O/c1-8-4-3-5-11(13-8)12-7-10(15)6-9(2)14-12/h3-7H,1-2H3,(H,14,15). The molecule has 0 unspecified atom stereocenters. The van der Waals surface area contributed by atoms with E-state index in [2.05, 4.69) is 9.97 Å². The molecule has 0 atom stereocenters. The van der Waals surface area contributed by atoms with Crippen LogP contribution < -0.4 is 5.43 Å². The molecule has 0 amide bonds. The topological polar surface area (TPSA) is 45.8 Å². The van der Waals surface area contributed by atoms with Crippen molar-refractivity contribution in [2.24, 2.45) is 0 Å². The van der Waals surface area contributed by atoms with E-state index in [1.54, 1.807) is 12.1 Å². The predicted octanol–water partition coefficient (Wildman–Crippen LogP) is 2.05. The number of hydrogen-bond donors (Lipinski definition) is 1. The van der Waals surface area contributed by atoms with E-state index in [4.69, 9.17) is 0 Å². The summed E-state index contributed by atoms with van der Waals surface area (Å²) < 4.78 is 0. The number of aromatic amines is 1. The summed E-state index contributed by atoms with van der Waals surface area (Å²) in [4.78, 5) is 18.8. The van der Waals surface area contributed by atoms with E-state index in [1.807, 2.05) is 32.0 Å². The Labute approximate surface area is 87.8 Å². The zero-order chi connectivity index (χ0) is 10.8. The molecule has 2 heterocycles. The molecule has 3 heteroatoms. The fraction of sp³-hybridized carbons (Fsp3) is 0.167. The summed E-state index contributed by atoms with van der Waals surface area (Å²) in [5, 5.41) is 0. The van der Waals surface area contributed by atoms with Crippen molar-refractivity contribution in [1.82, 2.24) is 9.97 Å². The zero-order valence-electron chi connectivity index (χ0n) is 8.74. The summed E-state index contributed by atoms with van der Waals surface area (Å²) in [6.45, 7) is 3.79. The van der Waals surface area contributed by atoms with Gasteiger partial charge in [-0.05, 0) is 26.0 Å². The van der Waals surface area contributed by atoms with Crippen LogP contribution in [0.4, 0.5) is 0 Å². The van der Waals surface area contributed by atoms with Crippen LogP contribution in [0.25, 0.3) is 11.4 Å². The van der Waals surface area contributed by atoms with Crippen molar-refractivity contribution in [2.75, 3.05) is 0 Å². The Morgan fingerprint density at radius 3 is 2.67 bits per heavy atom. The monoisotopic (exact) mass is 200 g/mol. The van der Waals surface area contributed by atoms with Gasteiger partial charge in [0.25, 0.3) is 0 Å². The third-order valence-corrected chi connectivity index (χ3v) is 2.14. The molecule has 2 aromatic heterocycles. The molecule has 0 aliphatic heterocycles. The second-order valence-electron chi connectivity index (χ2n) is 3.58. The van der Waals surface area contributed by atoms with Gasteiger partial charge < -0.3 is 4.98 Å². The first kappa shape index (κ1) is 9.65. The van der Waals surface area contributed by atoms with Crippen molar-refractivity contribution in [3.8, 4) is 11.4 Å². The number of hydrogen-bond acceptors (Lipinski definition) is 2. The van der Waals surface area contributed by atoms with Crippen LogP contribution in [-0.4, -0.2) is 9.97 Å². The molecule has 0 spiro atoms. The molecule has 1 N–H and O–H groups in total. The minimum absolute atomic E-state index is 0.00422. The van der Waals surface area contributed by atoms with E-state index in [0.717, 1.165) is 22.8 Å². The smallest absolute Gasteiger partial charge is 0.182 e. The first-order valence-electron chi connectivity index (χ1n) is 4.80. The van der Waals surface area contributed by atoms with Crippen molar-refractivity contribution in [2.45, 2.75) is 13.8 Å². The van der Waals surface area contributed by atoms with E-state index >= 15 is 0 Å². The second kappa shape index (κ2) is 3.69. The van der Waals surface area contributed by atoms with Crippen molar-refractivity contribution in [3.05, 3.63) is 51.9 Å². The number of aryl methyl sites for hydroxylation is 2. The van der Waals surface area contributed by atoms with Crippen molar-refractivity contribution >= 4 is 0 Å². The van der Waals surface area contributed by atoms with Gasteiger partial charge in [0.15, 0.2) is 5.43 Å². The van der Waals surface area contributed by atoms with Crippen LogP contribution in [0, 0.1) is 13.8 Å². The largest absolute Gasteiger partial charge is 0.357 e. The SMILES string of the molecule is Cc1cccc(-c2cc(=O)cc(C)[nH]2)n1. The van der Waals surface area contributed by atoms with E-state index in [-0.39, 0.29) is 5.43 Å². The highest BCUT2D eigenvalue weighted by Gasteiger charge is 2.01. The molecule has 0 aliphatic carbocycles. The number of nitrogens with zero attached hydrogens (tertiary/aromatic N) is 1. The lowest BCUT2D eigenvalue weighted by Gasteiger charge is -2.03. The Balaban J connectivity index is 2.59. The zero-order valence-corrected chi connectivity index (χ0v) is 8.74. The first-order valence-corrected chi connectivity index (χ1v) is 4.80. The van der Waals surface area contributed by atoms with Gasteiger partial charge in [0.05, 0.1) is 11.4 Å². The quantitative estimate of drug-likeness (QED) is 0.765. The normalized spacial score (nSPS) is 10.3. The molecule has 0 aromatic carbocycles. The highest BCUT2D eigenvalue weighted by Crippen LogP contribution is 2.12. The minimum atomic E-state index is 0.00422. The van der Waals surface area contributed by atoms with Crippen LogP contribution in [0.5, 0.6) is 0 Å². The van der Waals surface area contributed by atoms with Crippen molar-refractivity contribution in [3.63, 3.8) is 0 Å². The molecule has 0 bridgehead atoms. The summed E-state index contributed by atoms with van der Waals surface area (Å²) >= 11 is 0. The van der Waals surface area contributed by atoms with E-state index in [0.29, 0.717) is 0 Å². The summed E-state index contributed by atoms with van der Waals surface area (Å²) in [6.07, 6.45) is 0. The van der Waals surface area contributed by atoms with Gasteiger partial charge in [0.1, 0.15) is 0 Å². The Morgan fingerprint density at radius 2 is 2.00 bits per heavy atom. The molecular weight excluding hydrogens is 188 g/mol. The lowest BCUT2D eigenvalue weighted by molar-refractivity contribution is 1.14. The number of H-pyrrole nitrogens is 1. The molecule has 0 fully saturated rings. The lowest BCUT2D eigenvalue weighted by Crippen LogP contribution is -2.02. The third-order valence-electron chi connectivity index (χ3n) is 2.14. The molecule has 2 rings (SSSR count). The lowest BCUT2D eigenvalue weighted by atomic mass is 10.2. The Bertz CT molecular complexity index is 543. The van der Waals surface area contributed by atoms with Crippen molar-refractivity contribution in [1.29, 1.82) is 0 Å². The second-order valence-corrected chi connectivity index (χ2v) is 3.58. The van der Waals surface area contributed by atoms with Crippen LogP contribution >= 0.6 is 0 Å². The summed E-state index contributed by atoms with van der Waals surface area (Å²) in [7, 11) is 0. The Kier molecular flexibility index (Phi) is 2.37. The number of pyridine rings is 2. The summed E-state index contributed by atoms with van der Waals surface area (Å²) in [6, 6.07) is 8.88. The fourth-order valence-corrected chi connectivity index (χ4v) is 1.51. The average molecular weight is 200 g/mol. The molecule has 0 aliphatic rings. The minimum Gasteiger partial charge on any atom is -0.357 e. The van der Waals surface area contributed by atoms with Crippen LogP contribution in [0.1, 0.15) is 11.4 Å². The molecule has 0 saturated heterocycles. The van der Waals surface area contributed by atoms with E-state index in [9.17, 15) is 4.79 Å². The van der Waals surface area contributed by atoms with Crippen molar-refractivity contribution < 1.29 is 0 Å². The summed E-state index contributed by atoms with van der Waals surface area (Å²) in [5.41, 5.74) is 3.36. The van der Waals surface area contributed by atoms with Crippen LogP contribution in [0.2, 0.25) is 0 Å². The van der Waals surface area contributed by atoms with Gasteiger partial charge in [-0.3, -0.25) is 9.78 Å². The van der Waals surface area contributed by atoms with E-state index < -0.39 is 0 Å². The summed E-state index contributed by atoms with van der Waals surface area (Å²) in [5.74, 6) is 0. The molecule has 0 radical (unpaired) electrons. The van der Waals surface area contributed by atoms with Gasteiger partial charge in [-0.15, -0.1) is 0 Å². The molecular formula is C12H12N2O.